The van der Waals surface area contributed by atoms with Crippen molar-refractivity contribution in [3.63, 3.8) is 0 Å². The highest BCUT2D eigenvalue weighted by atomic mass is 127. The Hall–Kier alpha value is 0.400. The Bertz CT molecular complexity index is 57.6. The Balaban J connectivity index is 3.68. The van der Waals surface area contributed by atoms with Gasteiger partial charge in [-0.15, -0.1) is 0 Å². The summed E-state index contributed by atoms with van der Waals surface area (Å²) in [5.74, 6) is 0. The van der Waals surface area contributed by atoms with Crippen molar-refractivity contribution in [3.8, 4) is 0 Å². The molecular weight excluding hydrogens is 194 g/mol. The molecule has 0 amide bonds. The van der Waals surface area contributed by atoms with Gasteiger partial charge in [0.1, 0.15) is 0 Å². The minimum Gasteiger partial charge on any atom is -0.200 e. The van der Waals surface area contributed by atoms with Gasteiger partial charge in [0.05, 0.1) is 0 Å². The molecule has 0 aliphatic rings. The Kier molecular flexibility index (Phi) is 2.72. The van der Waals surface area contributed by atoms with E-state index in [1.807, 2.05) is 0 Å². The maximum atomic E-state index is 11.7. The molecule has 0 N–H and O–H groups in total. The third-order valence-corrected chi connectivity index (χ3v) is 1.46. The minimum atomic E-state index is -0.104. The smallest absolute Gasteiger partial charge is 0.159 e. The van der Waals surface area contributed by atoms with E-state index in [1.54, 1.807) is 36.4 Å². The van der Waals surface area contributed by atoms with Crippen LogP contribution in [0.3, 0.4) is 0 Å². The fraction of sp³-hybridized carbons (Fsp3) is 0.500. The summed E-state index contributed by atoms with van der Waals surface area (Å²) in [6.45, 7) is 3.48. The molecule has 0 fully saturated rings. The van der Waals surface area contributed by atoms with E-state index in [-0.39, 0.29) is 3.83 Å². The molecule has 0 heterocycles. The van der Waals surface area contributed by atoms with Crippen molar-refractivity contribution in [2.45, 2.75) is 13.8 Å². The number of halogens is 2. The molecule has 0 rings (SSSR count). The topological polar surface area (TPSA) is 0 Å². The zero-order chi connectivity index (χ0) is 5.15. The molecule has 0 nitrogen and oxygen atoms in total. The molecule has 0 aliphatic carbocycles. The lowest BCUT2D eigenvalue weighted by atomic mass is 10.4. The Morgan fingerprint density at radius 3 is 1.67 bits per heavy atom. The lowest BCUT2D eigenvalue weighted by Gasteiger charge is -1.80. The molecule has 0 bridgehead atoms. The maximum absolute atomic E-state index is 11.7. The largest absolute Gasteiger partial charge is 0.200 e. The van der Waals surface area contributed by atoms with Crippen LogP contribution in [0.4, 0.5) is 4.39 Å². The van der Waals surface area contributed by atoms with E-state index in [9.17, 15) is 4.39 Å². The van der Waals surface area contributed by atoms with E-state index in [0.717, 1.165) is 5.57 Å². The van der Waals surface area contributed by atoms with E-state index in [0.29, 0.717) is 0 Å². The van der Waals surface area contributed by atoms with Crippen molar-refractivity contribution >= 4 is 22.6 Å². The lowest BCUT2D eigenvalue weighted by Crippen LogP contribution is -1.59. The van der Waals surface area contributed by atoms with E-state index in [1.165, 1.54) is 0 Å². The second-order valence-corrected chi connectivity index (χ2v) is 2.21. The van der Waals surface area contributed by atoms with E-state index in [2.05, 4.69) is 0 Å². The molecule has 0 saturated heterocycles. The third-order valence-electron chi connectivity index (χ3n) is 0.378. The van der Waals surface area contributed by atoms with Gasteiger partial charge in [0, 0.05) is 0 Å². The summed E-state index contributed by atoms with van der Waals surface area (Å²) >= 11 is 1.65. The molecule has 0 unspecified atom stereocenters. The zero-order valence-corrected chi connectivity index (χ0v) is 5.91. The van der Waals surface area contributed by atoms with Crippen LogP contribution in [-0.2, 0) is 0 Å². The SMILES string of the molecule is CC(C)=C(F)I. The first kappa shape index (κ1) is 6.40. The van der Waals surface area contributed by atoms with Crippen LogP contribution in [-0.4, -0.2) is 0 Å². The van der Waals surface area contributed by atoms with E-state index in [4.69, 9.17) is 0 Å². The third kappa shape index (κ3) is 2.63. The van der Waals surface area contributed by atoms with Gasteiger partial charge in [-0.25, -0.2) is 4.39 Å². The molecule has 0 saturated carbocycles. The first-order valence-corrected chi connectivity index (χ1v) is 2.71. The minimum absolute atomic E-state index is 0.104. The molecule has 0 aromatic carbocycles. The number of hydrogen-bond donors (Lipinski definition) is 0. The van der Waals surface area contributed by atoms with Gasteiger partial charge in [0.15, 0.2) is 3.83 Å². The van der Waals surface area contributed by atoms with E-state index >= 15 is 0 Å². The molecule has 6 heavy (non-hydrogen) atoms. The van der Waals surface area contributed by atoms with E-state index < -0.39 is 0 Å². The predicted octanol–water partition coefficient (Wildman–Crippen LogP) is 2.64. The van der Waals surface area contributed by atoms with Crippen molar-refractivity contribution in [2.75, 3.05) is 0 Å². The Labute approximate surface area is 50.6 Å². The van der Waals surface area contributed by atoms with Gasteiger partial charge in [-0.1, -0.05) is 0 Å². The van der Waals surface area contributed by atoms with Crippen molar-refractivity contribution in [1.82, 2.24) is 0 Å². The van der Waals surface area contributed by atoms with Gasteiger partial charge in [0.2, 0.25) is 0 Å². The quantitative estimate of drug-likeness (QED) is 0.527. The van der Waals surface area contributed by atoms with Crippen LogP contribution in [0.5, 0.6) is 0 Å². The average Bonchev–Trinajstić information content (AvgIpc) is 1.36. The summed E-state index contributed by atoms with van der Waals surface area (Å²) in [5, 5.41) is 0. The fourth-order valence-electron chi connectivity index (χ4n) is 0. The average molecular weight is 200 g/mol. The first-order valence-electron chi connectivity index (χ1n) is 1.63. The highest BCUT2D eigenvalue weighted by Gasteiger charge is 1.83. The standard InChI is InChI=1S/C4H6FI/c1-3(2)4(5)6/h1-2H3. The maximum Gasteiger partial charge on any atom is 0.159 e. The highest BCUT2D eigenvalue weighted by Crippen LogP contribution is 2.11. The summed E-state index contributed by atoms with van der Waals surface area (Å²) < 4.78 is 11.6. The monoisotopic (exact) mass is 200 g/mol. The summed E-state index contributed by atoms with van der Waals surface area (Å²) in [4.78, 5) is 0. The summed E-state index contributed by atoms with van der Waals surface area (Å²) in [5.41, 5.74) is 0.746. The van der Waals surface area contributed by atoms with Gasteiger partial charge in [-0.2, -0.15) is 0 Å². The number of rotatable bonds is 0. The van der Waals surface area contributed by atoms with Crippen LogP contribution >= 0.6 is 22.6 Å². The normalized spacial score (nSPS) is 8.00. The lowest BCUT2D eigenvalue weighted by molar-refractivity contribution is 0.699. The molecule has 36 valence electrons. The van der Waals surface area contributed by atoms with Crippen molar-refractivity contribution < 1.29 is 4.39 Å². The molecule has 0 aromatic heterocycles. The molecule has 0 aromatic rings. The van der Waals surface area contributed by atoms with Gasteiger partial charge in [0.25, 0.3) is 0 Å². The van der Waals surface area contributed by atoms with Gasteiger partial charge in [-0.3, -0.25) is 0 Å². The Morgan fingerprint density at radius 1 is 1.50 bits per heavy atom. The molecule has 0 radical (unpaired) electrons. The molecule has 2 heteroatoms. The molecule has 0 atom stereocenters. The first-order chi connectivity index (χ1) is 2.64. The van der Waals surface area contributed by atoms with Gasteiger partial charge >= 0.3 is 0 Å². The fourth-order valence-corrected chi connectivity index (χ4v) is 0. The van der Waals surface area contributed by atoms with Gasteiger partial charge < -0.3 is 0 Å². The van der Waals surface area contributed by atoms with Crippen LogP contribution < -0.4 is 0 Å². The molecular formula is C4H6FI. The molecule has 0 spiro atoms. The Morgan fingerprint density at radius 2 is 1.67 bits per heavy atom. The number of hydrogen-bond acceptors (Lipinski definition) is 0. The second kappa shape index (κ2) is 2.55. The van der Waals surface area contributed by atoms with Crippen LogP contribution in [0, 0.1) is 0 Å². The van der Waals surface area contributed by atoms with Crippen molar-refractivity contribution in [2.24, 2.45) is 0 Å². The zero-order valence-electron chi connectivity index (χ0n) is 3.76. The summed E-state index contributed by atoms with van der Waals surface area (Å²) in [7, 11) is 0. The molecule has 0 aliphatic heterocycles. The van der Waals surface area contributed by atoms with Crippen LogP contribution in [0.25, 0.3) is 0 Å². The second-order valence-electron chi connectivity index (χ2n) is 1.26. The van der Waals surface area contributed by atoms with Crippen LogP contribution in [0.2, 0.25) is 0 Å². The van der Waals surface area contributed by atoms with Gasteiger partial charge in [-0.05, 0) is 42.0 Å². The van der Waals surface area contributed by atoms with Crippen molar-refractivity contribution in [1.29, 1.82) is 0 Å². The summed E-state index contributed by atoms with van der Waals surface area (Å²) in [6.07, 6.45) is 0. The van der Waals surface area contributed by atoms with Crippen molar-refractivity contribution in [3.05, 3.63) is 9.41 Å². The van der Waals surface area contributed by atoms with Crippen LogP contribution in [0.15, 0.2) is 9.41 Å². The number of allylic oxidation sites excluding steroid dienone is 1. The predicted molar refractivity (Wildman–Crippen MR) is 33.5 cm³/mol. The van der Waals surface area contributed by atoms with Crippen LogP contribution in [0.1, 0.15) is 13.8 Å². The summed E-state index contributed by atoms with van der Waals surface area (Å²) in [6, 6.07) is 0. The highest BCUT2D eigenvalue weighted by molar-refractivity contribution is 14.1.